The molecule has 0 aromatic heterocycles. The third kappa shape index (κ3) is 4.70. The van der Waals surface area contributed by atoms with Crippen LogP contribution < -0.4 is 10.2 Å². The molecule has 0 radical (unpaired) electrons. The van der Waals surface area contributed by atoms with E-state index >= 15 is 0 Å². The summed E-state index contributed by atoms with van der Waals surface area (Å²) >= 11 is 0. The maximum atomic E-state index is 13.0. The Bertz CT molecular complexity index is 1080. The zero-order valence-corrected chi connectivity index (χ0v) is 17.5. The highest BCUT2D eigenvalue weighted by Gasteiger charge is 2.44. The summed E-state index contributed by atoms with van der Waals surface area (Å²) in [5.41, 5.74) is -0.710. The Morgan fingerprint density at radius 1 is 1.03 bits per heavy atom. The number of likely N-dealkylation sites (tertiary alicyclic amines) is 1. The van der Waals surface area contributed by atoms with Crippen LogP contribution in [0.2, 0.25) is 0 Å². The van der Waals surface area contributed by atoms with Crippen LogP contribution in [-0.4, -0.2) is 46.9 Å². The number of phenols is 1. The Labute approximate surface area is 187 Å². The maximum absolute atomic E-state index is 13.0. The summed E-state index contributed by atoms with van der Waals surface area (Å²) in [6.45, 7) is 0.776. The molecule has 4 rings (SSSR count). The Morgan fingerprint density at radius 3 is 2.39 bits per heavy atom. The van der Waals surface area contributed by atoms with Crippen molar-refractivity contribution in [3.05, 3.63) is 54.1 Å². The van der Waals surface area contributed by atoms with Crippen LogP contribution >= 0.6 is 0 Å². The minimum Gasteiger partial charge on any atom is -0.506 e. The van der Waals surface area contributed by atoms with Gasteiger partial charge in [0.25, 0.3) is 5.91 Å². The molecule has 2 aromatic rings. The molecule has 2 aliphatic rings. The van der Waals surface area contributed by atoms with Gasteiger partial charge in [-0.25, -0.2) is 4.90 Å². The quantitative estimate of drug-likeness (QED) is 0.538. The van der Waals surface area contributed by atoms with Crippen molar-refractivity contribution < 1.29 is 32.7 Å². The maximum Gasteiger partial charge on any atom is 0.416 e. The van der Waals surface area contributed by atoms with Crippen molar-refractivity contribution in [1.29, 1.82) is 0 Å². The number of piperidine rings is 1. The first-order valence-corrected chi connectivity index (χ1v) is 10.5. The van der Waals surface area contributed by atoms with Gasteiger partial charge in [-0.05, 0) is 56.3 Å². The molecule has 0 bridgehead atoms. The van der Waals surface area contributed by atoms with Gasteiger partial charge in [-0.15, -0.1) is 0 Å². The molecule has 7 nitrogen and oxygen atoms in total. The van der Waals surface area contributed by atoms with Crippen LogP contribution in [0.5, 0.6) is 5.75 Å². The average Bonchev–Trinajstić information content (AvgIpc) is 3.08. The molecule has 2 aromatic carbocycles. The molecule has 2 fully saturated rings. The highest BCUT2D eigenvalue weighted by atomic mass is 19.4. The number of anilines is 2. The van der Waals surface area contributed by atoms with Gasteiger partial charge in [-0.3, -0.25) is 19.3 Å². The van der Waals surface area contributed by atoms with Gasteiger partial charge in [0.05, 0.1) is 29.4 Å². The zero-order valence-electron chi connectivity index (χ0n) is 17.5. The number of alkyl halides is 3. The average molecular weight is 461 g/mol. The molecule has 1 unspecified atom stereocenters. The number of para-hydroxylation sites is 2. The number of phenolic OH excluding ortho intramolecular Hbond substituents is 1. The highest BCUT2D eigenvalue weighted by molar-refractivity contribution is 6.22. The fraction of sp³-hybridized carbons (Fsp3) is 0.348. The summed E-state index contributed by atoms with van der Waals surface area (Å²) in [7, 11) is 0. The number of halogens is 3. The molecule has 2 heterocycles. The molecule has 0 saturated carbocycles. The lowest BCUT2D eigenvalue weighted by molar-refractivity contribution is -0.137. The lowest BCUT2D eigenvalue weighted by Crippen LogP contribution is -2.47. The number of nitrogens with zero attached hydrogens (tertiary/aromatic N) is 2. The predicted octanol–water partition coefficient (Wildman–Crippen LogP) is 3.39. The van der Waals surface area contributed by atoms with Crippen LogP contribution in [-0.2, 0) is 20.6 Å². The lowest BCUT2D eigenvalue weighted by Gasteiger charge is -2.34. The number of amides is 3. The van der Waals surface area contributed by atoms with Crippen LogP contribution in [0.25, 0.3) is 0 Å². The summed E-state index contributed by atoms with van der Waals surface area (Å²) in [5.74, 6) is -1.71. The van der Waals surface area contributed by atoms with Gasteiger partial charge in [0.1, 0.15) is 5.75 Å². The molecule has 1 atom stereocenters. The first-order chi connectivity index (χ1) is 15.6. The number of hydrogen-bond acceptors (Lipinski definition) is 5. The molecule has 3 amide bonds. The summed E-state index contributed by atoms with van der Waals surface area (Å²) in [5, 5.41) is 12.5. The number of rotatable bonds is 4. The van der Waals surface area contributed by atoms with Gasteiger partial charge < -0.3 is 10.4 Å². The number of hydrogen-bond donors (Lipinski definition) is 2. The molecular weight excluding hydrogens is 439 g/mol. The van der Waals surface area contributed by atoms with E-state index in [2.05, 4.69) is 5.32 Å². The van der Waals surface area contributed by atoms with Gasteiger partial charge >= 0.3 is 6.18 Å². The lowest BCUT2D eigenvalue weighted by atomic mass is 9.94. The standard InChI is InChI=1S/C23H22F3N3O4/c24-23(25,26)15-4-3-5-16(12-15)29-20(31)13-18(22(29)33)28-10-8-14(9-11-28)21(32)27-17-6-1-2-7-19(17)30/h1-7,12,14,18,30H,8-11,13H2,(H,27,32). The number of imide groups is 1. The predicted molar refractivity (Wildman–Crippen MR) is 113 cm³/mol. The van der Waals surface area contributed by atoms with Gasteiger partial charge in [-0.1, -0.05) is 18.2 Å². The second-order valence-electron chi connectivity index (χ2n) is 8.15. The van der Waals surface area contributed by atoms with Crippen LogP contribution in [0, 0.1) is 5.92 Å². The van der Waals surface area contributed by atoms with Crippen LogP contribution in [0.4, 0.5) is 24.5 Å². The first-order valence-electron chi connectivity index (χ1n) is 10.5. The van der Waals surface area contributed by atoms with E-state index in [-0.39, 0.29) is 29.7 Å². The van der Waals surface area contributed by atoms with Gasteiger partial charge in [0.2, 0.25) is 11.8 Å². The van der Waals surface area contributed by atoms with Crippen molar-refractivity contribution >= 4 is 29.1 Å². The molecule has 10 heteroatoms. The molecular formula is C23H22F3N3O4. The van der Waals surface area contributed by atoms with E-state index in [1.807, 2.05) is 0 Å². The third-order valence-electron chi connectivity index (χ3n) is 6.06. The fourth-order valence-corrected chi connectivity index (χ4v) is 4.28. The van der Waals surface area contributed by atoms with Crippen LogP contribution in [0.15, 0.2) is 48.5 Å². The van der Waals surface area contributed by atoms with Crippen molar-refractivity contribution in [1.82, 2.24) is 4.90 Å². The van der Waals surface area contributed by atoms with E-state index in [0.29, 0.717) is 31.6 Å². The Morgan fingerprint density at radius 2 is 1.73 bits per heavy atom. The van der Waals surface area contributed by atoms with Crippen LogP contribution in [0.3, 0.4) is 0 Å². The van der Waals surface area contributed by atoms with E-state index in [9.17, 15) is 32.7 Å². The second-order valence-corrected chi connectivity index (χ2v) is 8.15. The molecule has 2 aliphatic heterocycles. The van der Waals surface area contributed by atoms with Gasteiger partial charge in [0.15, 0.2) is 0 Å². The largest absolute Gasteiger partial charge is 0.506 e. The summed E-state index contributed by atoms with van der Waals surface area (Å²) in [6, 6.07) is 9.79. The highest BCUT2D eigenvalue weighted by Crippen LogP contribution is 2.34. The number of carbonyl (C=O) groups is 3. The monoisotopic (exact) mass is 461 g/mol. The summed E-state index contributed by atoms with van der Waals surface area (Å²) in [6.07, 6.45) is -3.81. The third-order valence-corrected chi connectivity index (χ3v) is 6.06. The van der Waals surface area contributed by atoms with Crippen molar-refractivity contribution in [3.8, 4) is 5.75 Å². The number of nitrogens with one attached hydrogen (secondary N) is 1. The van der Waals surface area contributed by atoms with Crippen LogP contribution in [0.1, 0.15) is 24.8 Å². The Kier molecular flexibility index (Phi) is 6.11. The molecule has 2 saturated heterocycles. The normalized spacial score (nSPS) is 20.3. The Balaban J connectivity index is 1.39. The number of benzene rings is 2. The summed E-state index contributed by atoms with van der Waals surface area (Å²) < 4.78 is 39.1. The van der Waals surface area contributed by atoms with E-state index in [1.165, 1.54) is 18.2 Å². The molecule has 33 heavy (non-hydrogen) atoms. The van der Waals surface area contributed by atoms with Crippen molar-refractivity contribution in [2.45, 2.75) is 31.5 Å². The topological polar surface area (TPSA) is 89.9 Å². The van der Waals surface area contributed by atoms with Gasteiger partial charge in [-0.2, -0.15) is 13.2 Å². The van der Waals surface area contributed by atoms with E-state index in [1.54, 1.807) is 23.1 Å². The van der Waals surface area contributed by atoms with Crippen molar-refractivity contribution in [2.24, 2.45) is 5.92 Å². The van der Waals surface area contributed by atoms with E-state index in [4.69, 9.17) is 0 Å². The SMILES string of the molecule is O=C(Nc1ccccc1O)C1CCN(C2CC(=O)N(c3cccc(C(F)(F)F)c3)C2=O)CC1. The molecule has 174 valence electrons. The van der Waals surface area contributed by atoms with Crippen molar-refractivity contribution in [2.75, 3.05) is 23.3 Å². The van der Waals surface area contributed by atoms with Crippen molar-refractivity contribution in [3.63, 3.8) is 0 Å². The number of aromatic hydroxyl groups is 1. The molecule has 0 aliphatic carbocycles. The van der Waals surface area contributed by atoms with Gasteiger partial charge in [0, 0.05) is 5.92 Å². The first kappa shape index (κ1) is 22.8. The van der Waals surface area contributed by atoms with E-state index in [0.717, 1.165) is 17.0 Å². The fourth-order valence-electron chi connectivity index (χ4n) is 4.28. The zero-order chi connectivity index (χ0) is 23.8. The Hall–Kier alpha value is -3.40. The number of carbonyl (C=O) groups excluding carboxylic acids is 3. The minimum absolute atomic E-state index is 0.0342. The second kappa shape index (κ2) is 8.86. The van der Waals surface area contributed by atoms with E-state index < -0.39 is 29.6 Å². The smallest absolute Gasteiger partial charge is 0.416 e. The molecule has 2 N–H and O–H groups in total. The summed E-state index contributed by atoms with van der Waals surface area (Å²) in [4.78, 5) is 40.6. The minimum atomic E-state index is -4.58. The molecule has 0 spiro atoms.